The Morgan fingerprint density at radius 1 is 1.24 bits per heavy atom. The number of phosphoric ester groups is 1. The Bertz CT molecular complexity index is 1180. The number of imidazole rings is 1. The lowest BCUT2D eigenvalue weighted by atomic mass is 10.1. The molecule has 0 aromatic carbocycles. The van der Waals surface area contributed by atoms with E-state index in [1.165, 1.54) is 0 Å². The Labute approximate surface area is 192 Å². The number of carbonyl (C=O) groups excluding carboxylic acids is 1. The van der Waals surface area contributed by atoms with Crippen molar-refractivity contribution in [2.45, 2.75) is 36.0 Å². The number of nitrogens with zero attached hydrogens (tertiary/aromatic N) is 2. The minimum Gasteiger partial charge on any atom is -0.381 e. The highest BCUT2D eigenvalue weighted by Gasteiger charge is 2.90. The third-order valence-electron chi connectivity index (χ3n) is 5.13. The standard InChI is InChI=1S/C11H16ClFN5O13P3/c12-1-10-8(29-33(24,25)31-34(26,27)30-32(21,22)23)11(10,20)4(13)7(28-10)18-2-15-3-5(18)16-9(14)17-6(3)19/h2,4,7-9,16,20H,1,14H2,(H,17,19)(H,24,25)(H,26,27)(H2,21,22,23)/t4-,7+,8?,9?,10+,11+/m0/s1. The van der Waals surface area contributed by atoms with Crippen LogP contribution in [0.1, 0.15) is 16.7 Å². The van der Waals surface area contributed by atoms with Crippen molar-refractivity contribution in [2.75, 3.05) is 11.2 Å². The lowest BCUT2D eigenvalue weighted by molar-refractivity contribution is -0.0823. The van der Waals surface area contributed by atoms with Gasteiger partial charge in [0.2, 0.25) is 0 Å². The van der Waals surface area contributed by atoms with E-state index < -0.39 is 71.3 Å². The molecule has 3 heterocycles. The number of rotatable bonds is 8. The molecule has 2 fully saturated rings. The first-order valence-corrected chi connectivity index (χ1v) is 13.8. The average molecular weight is 574 g/mol. The highest BCUT2D eigenvalue weighted by atomic mass is 35.5. The predicted molar refractivity (Wildman–Crippen MR) is 103 cm³/mol. The van der Waals surface area contributed by atoms with E-state index in [1.54, 1.807) is 0 Å². The summed E-state index contributed by atoms with van der Waals surface area (Å²) in [6, 6.07) is 0. The molecule has 0 spiro atoms. The van der Waals surface area contributed by atoms with E-state index in [9.17, 15) is 33.4 Å². The third kappa shape index (κ3) is 4.15. The zero-order chi connectivity index (χ0) is 25.5. The number of hydrogen-bond acceptors (Lipinski definition) is 12. The van der Waals surface area contributed by atoms with E-state index in [-0.39, 0.29) is 11.5 Å². The molecule has 3 aliphatic rings. The van der Waals surface area contributed by atoms with E-state index >= 15 is 4.39 Å². The summed E-state index contributed by atoms with van der Waals surface area (Å²) in [7, 11) is -17.2. The molecule has 4 unspecified atom stereocenters. The Morgan fingerprint density at radius 3 is 2.44 bits per heavy atom. The van der Waals surface area contributed by atoms with Crippen LogP contribution in [0.25, 0.3) is 0 Å². The van der Waals surface area contributed by atoms with Gasteiger partial charge in [0.25, 0.3) is 5.91 Å². The molecule has 23 heteroatoms. The molecule has 8 atom stereocenters. The normalized spacial score (nSPS) is 38.2. The van der Waals surface area contributed by atoms with E-state index in [0.717, 1.165) is 10.9 Å². The number of halogens is 2. The quantitative estimate of drug-likeness (QED) is 0.131. The van der Waals surface area contributed by atoms with Crippen molar-refractivity contribution in [1.82, 2.24) is 14.9 Å². The summed E-state index contributed by atoms with van der Waals surface area (Å²) in [6.45, 7) is 0. The van der Waals surface area contributed by atoms with Crippen LogP contribution in [0, 0.1) is 0 Å². The topological polar surface area (TPSA) is 274 Å². The summed E-state index contributed by atoms with van der Waals surface area (Å²) in [5.74, 6) is -1.48. The van der Waals surface area contributed by atoms with Crippen LogP contribution in [0.4, 0.5) is 10.2 Å². The lowest BCUT2D eigenvalue weighted by Gasteiger charge is -2.28. The van der Waals surface area contributed by atoms with E-state index in [2.05, 4.69) is 28.8 Å². The minimum atomic E-state index is -5.86. The fourth-order valence-corrected chi connectivity index (χ4v) is 7.44. The second-order valence-electron chi connectivity index (χ2n) is 7.28. The van der Waals surface area contributed by atoms with Gasteiger partial charge in [-0.2, -0.15) is 8.62 Å². The maximum Gasteiger partial charge on any atom is 0.490 e. The number of nitrogens with one attached hydrogen (secondary N) is 2. The number of ether oxygens (including phenoxy) is 1. The molecule has 1 amide bonds. The van der Waals surface area contributed by atoms with Gasteiger partial charge in [-0.25, -0.2) is 23.1 Å². The van der Waals surface area contributed by atoms with Crippen molar-refractivity contribution in [3.8, 4) is 0 Å². The van der Waals surface area contributed by atoms with Gasteiger partial charge in [0.1, 0.15) is 17.5 Å². The second-order valence-corrected chi connectivity index (χ2v) is 11.9. The molecular formula is C11H16ClFN5O13P3. The van der Waals surface area contributed by atoms with Crippen molar-refractivity contribution >= 4 is 46.8 Å². The Morgan fingerprint density at radius 2 is 1.88 bits per heavy atom. The zero-order valence-electron chi connectivity index (χ0n) is 16.2. The van der Waals surface area contributed by atoms with E-state index in [1.807, 2.05) is 0 Å². The van der Waals surface area contributed by atoms with Crippen molar-refractivity contribution in [3.63, 3.8) is 0 Å². The molecule has 4 rings (SSSR count). The minimum absolute atomic E-state index is 0.0667. The molecule has 1 saturated heterocycles. The summed E-state index contributed by atoms with van der Waals surface area (Å²) in [6.07, 6.45) is -6.24. The summed E-state index contributed by atoms with van der Waals surface area (Å²) in [5, 5.41) is 15.8. The first-order chi connectivity index (χ1) is 15.5. The number of nitrogens with two attached hydrogens (primary N) is 1. The largest absolute Gasteiger partial charge is 0.490 e. The van der Waals surface area contributed by atoms with Gasteiger partial charge < -0.3 is 40.1 Å². The van der Waals surface area contributed by atoms with Crippen LogP contribution in [-0.2, 0) is 31.6 Å². The van der Waals surface area contributed by atoms with Crippen LogP contribution >= 0.6 is 35.1 Å². The fraction of sp³-hybridized carbons (Fsp3) is 0.636. The summed E-state index contributed by atoms with van der Waals surface area (Å²) in [5.41, 5.74) is 0.538. The van der Waals surface area contributed by atoms with Crippen molar-refractivity contribution < 1.29 is 65.4 Å². The molecule has 1 saturated carbocycles. The van der Waals surface area contributed by atoms with Crippen LogP contribution in [-0.4, -0.2) is 75.8 Å². The molecule has 1 aliphatic carbocycles. The first-order valence-electron chi connectivity index (χ1n) is 8.78. The number of aliphatic hydroxyl groups is 1. The lowest BCUT2D eigenvalue weighted by Crippen LogP contribution is -2.51. The number of amides is 1. The van der Waals surface area contributed by atoms with Crippen LogP contribution in [0.3, 0.4) is 0 Å². The highest BCUT2D eigenvalue weighted by Crippen LogP contribution is 2.72. The Balaban J connectivity index is 1.55. The summed E-state index contributed by atoms with van der Waals surface area (Å²) >= 11 is 5.81. The summed E-state index contributed by atoms with van der Waals surface area (Å²) < 4.78 is 67.9. The molecular weight excluding hydrogens is 558 g/mol. The Kier molecular flexibility index (Phi) is 6.13. The van der Waals surface area contributed by atoms with Crippen LogP contribution < -0.4 is 16.4 Å². The van der Waals surface area contributed by atoms with Crippen LogP contribution in [0.15, 0.2) is 6.33 Å². The van der Waals surface area contributed by atoms with Gasteiger partial charge in [0.15, 0.2) is 30.0 Å². The highest BCUT2D eigenvalue weighted by molar-refractivity contribution is 7.66. The third-order valence-corrected chi connectivity index (χ3v) is 9.34. The number of carbonyl (C=O) groups is 1. The number of aromatic nitrogens is 2. The molecule has 2 aliphatic heterocycles. The number of fused-ring (bicyclic) bond motifs is 2. The number of phosphoric acid groups is 3. The molecule has 192 valence electrons. The van der Waals surface area contributed by atoms with E-state index in [0.29, 0.717) is 0 Å². The molecule has 1 aromatic heterocycles. The van der Waals surface area contributed by atoms with Crippen molar-refractivity contribution in [2.24, 2.45) is 5.73 Å². The van der Waals surface area contributed by atoms with Gasteiger partial charge in [-0.05, 0) is 0 Å². The van der Waals surface area contributed by atoms with Crippen molar-refractivity contribution in [1.29, 1.82) is 0 Å². The molecule has 0 bridgehead atoms. The van der Waals surface area contributed by atoms with Gasteiger partial charge in [0.05, 0.1) is 12.2 Å². The van der Waals surface area contributed by atoms with Gasteiger partial charge in [0, 0.05) is 0 Å². The van der Waals surface area contributed by atoms with Crippen LogP contribution in [0.5, 0.6) is 0 Å². The zero-order valence-corrected chi connectivity index (χ0v) is 19.6. The number of hydrogen-bond donors (Lipinski definition) is 8. The first kappa shape index (κ1) is 26.1. The monoisotopic (exact) mass is 573 g/mol. The van der Waals surface area contributed by atoms with Crippen LogP contribution in [0.2, 0.25) is 0 Å². The molecule has 18 nitrogen and oxygen atoms in total. The maximum absolute atomic E-state index is 15.4. The smallest absolute Gasteiger partial charge is 0.381 e. The van der Waals surface area contributed by atoms with Crippen molar-refractivity contribution in [3.05, 3.63) is 12.0 Å². The molecule has 0 radical (unpaired) electrons. The molecule has 34 heavy (non-hydrogen) atoms. The number of alkyl halides is 2. The summed E-state index contributed by atoms with van der Waals surface area (Å²) in [4.78, 5) is 51.8. The predicted octanol–water partition coefficient (Wildman–Crippen LogP) is -1.42. The Hall–Kier alpha value is -1.01. The fourth-order valence-electron chi connectivity index (χ4n) is 3.77. The SMILES string of the molecule is NC1NC(=O)c2ncn([C@@H]3O[C@]4(CCl)C(OP(=O)(O)OP(=O)(O)OP(=O)(O)O)[C@]4(O)[C@H]3F)c2N1. The van der Waals surface area contributed by atoms with Gasteiger partial charge >= 0.3 is 23.5 Å². The van der Waals surface area contributed by atoms with Gasteiger partial charge in [-0.15, -0.1) is 11.6 Å². The maximum atomic E-state index is 15.4. The van der Waals surface area contributed by atoms with Gasteiger partial charge in [-0.1, -0.05) is 0 Å². The molecule has 9 N–H and O–H groups in total. The van der Waals surface area contributed by atoms with Gasteiger partial charge in [-0.3, -0.25) is 19.6 Å². The molecule has 1 aromatic rings. The average Bonchev–Trinajstić information content (AvgIpc) is 2.92. The second kappa shape index (κ2) is 7.99. The number of anilines is 1. The van der Waals surface area contributed by atoms with E-state index in [4.69, 9.17) is 31.9 Å².